The maximum absolute atomic E-state index is 9.43. The molecule has 1 aliphatic heterocycles. The minimum absolute atomic E-state index is 0.240. The molecule has 0 aliphatic carbocycles. The van der Waals surface area contributed by atoms with Crippen LogP contribution in [0, 0.1) is 0 Å². The van der Waals surface area contributed by atoms with Crippen LogP contribution in [0.3, 0.4) is 0 Å². The highest BCUT2D eigenvalue weighted by atomic mass is 32.2. The number of aromatic nitrogens is 2. The first kappa shape index (κ1) is 17.8. The smallest absolute Gasteiger partial charge is 0.187 e. The summed E-state index contributed by atoms with van der Waals surface area (Å²) in [7, 11) is 0. The first-order valence-electron chi connectivity index (χ1n) is 8.21. The van der Waals surface area contributed by atoms with E-state index in [1.165, 1.54) is 5.56 Å². The van der Waals surface area contributed by atoms with E-state index in [4.69, 9.17) is 0 Å². The van der Waals surface area contributed by atoms with E-state index in [9.17, 15) is 5.11 Å². The molecule has 1 N–H and O–H groups in total. The van der Waals surface area contributed by atoms with Crippen molar-refractivity contribution in [2.45, 2.75) is 30.7 Å². The molecule has 24 heavy (non-hydrogen) atoms. The molecule has 0 radical (unpaired) electrons. The topological polar surface area (TPSA) is 52.5 Å². The average molecular weight is 365 g/mol. The molecule has 5 nitrogen and oxygen atoms in total. The van der Waals surface area contributed by atoms with Gasteiger partial charge >= 0.3 is 0 Å². The maximum Gasteiger partial charge on any atom is 0.187 e. The van der Waals surface area contributed by atoms with E-state index in [0.29, 0.717) is 6.04 Å². The number of hydrogen-bond donors (Lipinski definition) is 1. The van der Waals surface area contributed by atoms with Crippen LogP contribution >= 0.6 is 23.1 Å². The zero-order chi connectivity index (χ0) is 16.8. The van der Waals surface area contributed by atoms with Gasteiger partial charge in [0.2, 0.25) is 0 Å². The fraction of sp³-hybridized carbons (Fsp3) is 0.529. The summed E-state index contributed by atoms with van der Waals surface area (Å²) in [6.45, 7) is 5.15. The fourth-order valence-corrected chi connectivity index (χ4v) is 4.11. The van der Waals surface area contributed by atoms with Crippen LogP contribution < -0.4 is 0 Å². The number of rotatable bonds is 7. The van der Waals surface area contributed by atoms with Gasteiger partial charge in [-0.15, -0.1) is 0 Å². The second-order valence-corrected chi connectivity index (χ2v) is 7.63. The number of hydrogen-bond acceptors (Lipinski definition) is 7. The maximum atomic E-state index is 9.43. The van der Waals surface area contributed by atoms with Gasteiger partial charge in [-0.2, -0.15) is 11.3 Å². The highest BCUT2D eigenvalue weighted by molar-refractivity contribution is 7.98. The van der Waals surface area contributed by atoms with Gasteiger partial charge in [0, 0.05) is 63.3 Å². The van der Waals surface area contributed by atoms with Crippen LogP contribution in [-0.2, 0) is 13.1 Å². The summed E-state index contributed by atoms with van der Waals surface area (Å²) in [4.78, 5) is 13.7. The number of thioether (sulfide) groups is 1. The van der Waals surface area contributed by atoms with E-state index in [1.54, 1.807) is 23.1 Å². The largest absolute Gasteiger partial charge is 0.396 e. The Hall–Kier alpha value is -0.990. The van der Waals surface area contributed by atoms with Crippen molar-refractivity contribution in [3.8, 4) is 0 Å². The Bertz CT molecular complexity index is 606. The lowest BCUT2D eigenvalue weighted by Gasteiger charge is -2.41. The highest BCUT2D eigenvalue weighted by Crippen LogP contribution is 2.19. The van der Waals surface area contributed by atoms with Crippen molar-refractivity contribution in [3.05, 3.63) is 40.3 Å². The summed E-state index contributed by atoms with van der Waals surface area (Å²) >= 11 is 3.31. The number of aliphatic hydroxyl groups excluding tert-OH is 1. The Morgan fingerprint density at radius 1 is 1.25 bits per heavy atom. The summed E-state index contributed by atoms with van der Waals surface area (Å²) in [5.74, 6) is 0. The number of piperazine rings is 1. The number of thiophene rings is 1. The molecule has 2 aromatic rings. The predicted molar refractivity (Wildman–Crippen MR) is 99.3 cm³/mol. The van der Waals surface area contributed by atoms with Gasteiger partial charge in [0.05, 0.1) is 0 Å². The average Bonchev–Trinajstić information content (AvgIpc) is 3.11. The molecule has 1 saturated heterocycles. The Kier molecular flexibility index (Phi) is 6.62. The van der Waals surface area contributed by atoms with E-state index < -0.39 is 0 Å². The first-order chi connectivity index (χ1) is 11.8. The van der Waals surface area contributed by atoms with Crippen LogP contribution in [0.5, 0.6) is 0 Å². The molecule has 0 unspecified atom stereocenters. The van der Waals surface area contributed by atoms with Crippen molar-refractivity contribution in [2.24, 2.45) is 0 Å². The third-order valence-electron chi connectivity index (χ3n) is 4.39. The van der Waals surface area contributed by atoms with Crippen LogP contribution in [0.1, 0.15) is 17.5 Å². The molecule has 0 aromatic carbocycles. The van der Waals surface area contributed by atoms with Crippen LogP contribution in [0.4, 0.5) is 0 Å². The summed E-state index contributed by atoms with van der Waals surface area (Å²) in [6, 6.07) is 2.59. The summed E-state index contributed by atoms with van der Waals surface area (Å²) < 4.78 is 0. The Morgan fingerprint density at radius 3 is 2.75 bits per heavy atom. The Balaban J connectivity index is 1.59. The summed E-state index contributed by atoms with van der Waals surface area (Å²) in [5.41, 5.74) is 2.53. The number of aliphatic hydroxyl groups is 1. The van der Waals surface area contributed by atoms with Gasteiger partial charge in [-0.1, -0.05) is 11.8 Å². The zero-order valence-electron chi connectivity index (χ0n) is 14.0. The molecule has 3 heterocycles. The molecule has 0 bridgehead atoms. The predicted octanol–water partition coefficient (Wildman–Crippen LogP) is 2.33. The van der Waals surface area contributed by atoms with E-state index in [1.807, 2.05) is 18.6 Å². The molecule has 3 rings (SSSR count). The molecule has 1 atom stereocenters. The second kappa shape index (κ2) is 8.92. The Labute approximate surface area is 151 Å². The van der Waals surface area contributed by atoms with Gasteiger partial charge < -0.3 is 5.11 Å². The highest BCUT2D eigenvalue weighted by Gasteiger charge is 2.26. The van der Waals surface area contributed by atoms with Gasteiger partial charge in [-0.3, -0.25) is 9.80 Å². The lowest BCUT2D eigenvalue weighted by atomic mass is 10.1. The SMILES string of the molecule is CSc1ncc(CN2CCN(Cc3ccsc3)[C@@H](CCO)C2)cn1. The van der Waals surface area contributed by atoms with Gasteiger partial charge in [0.15, 0.2) is 5.16 Å². The third-order valence-corrected chi connectivity index (χ3v) is 5.70. The van der Waals surface area contributed by atoms with Crippen LogP contribution in [0.25, 0.3) is 0 Å². The monoisotopic (exact) mass is 364 g/mol. The molecule has 0 spiro atoms. The molecule has 2 aromatic heterocycles. The van der Waals surface area contributed by atoms with Gasteiger partial charge in [0.1, 0.15) is 0 Å². The summed E-state index contributed by atoms with van der Waals surface area (Å²) in [6.07, 6.45) is 6.67. The van der Waals surface area contributed by atoms with Crippen molar-refractivity contribution in [1.29, 1.82) is 0 Å². The minimum atomic E-state index is 0.240. The van der Waals surface area contributed by atoms with Crippen molar-refractivity contribution >= 4 is 23.1 Å². The molecule has 1 aliphatic rings. The molecule has 7 heteroatoms. The Morgan fingerprint density at radius 2 is 2.08 bits per heavy atom. The molecule has 0 amide bonds. The minimum Gasteiger partial charge on any atom is -0.396 e. The van der Waals surface area contributed by atoms with Crippen LogP contribution in [0.2, 0.25) is 0 Å². The second-order valence-electron chi connectivity index (χ2n) is 6.08. The van der Waals surface area contributed by atoms with Crippen LogP contribution in [-0.4, -0.2) is 63.4 Å². The van der Waals surface area contributed by atoms with E-state index in [-0.39, 0.29) is 6.61 Å². The van der Waals surface area contributed by atoms with E-state index in [2.05, 4.69) is 36.6 Å². The van der Waals surface area contributed by atoms with E-state index >= 15 is 0 Å². The molecule has 1 fully saturated rings. The van der Waals surface area contributed by atoms with Crippen molar-refractivity contribution in [1.82, 2.24) is 19.8 Å². The van der Waals surface area contributed by atoms with Gasteiger partial charge in [0.25, 0.3) is 0 Å². The van der Waals surface area contributed by atoms with Gasteiger partial charge in [-0.05, 0) is 35.1 Å². The fourth-order valence-electron chi connectivity index (χ4n) is 3.14. The normalized spacial score (nSPS) is 19.7. The number of nitrogens with zero attached hydrogens (tertiary/aromatic N) is 4. The summed E-state index contributed by atoms with van der Waals surface area (Å²) in [5, 5.41) is 14.6. The van der Waals surface area contributed by atoms with E-state index in [0.717, 1.165) is 49.9 Å². The van der Waals surface area contributed by atoms with Crippen molar-refractivity contribution in [2.75, 3.05) is 32.5 Å². The molecular formula is C17H24N4OS2. The zero-order valence-corrected chi connectivity index (χ0v) is 15.6. The molecule has 130 valence electrons. The van der Waals surface area contributed by atoms with Crippen molar-refractivity contribution < 1.29 is 5.11 Å². The van der Waals surface area contributed by atoms with Gasteiger partial charge in [-0.25, -0.2) is 9.97 Å². The molecular weight excluding hydrogens is 340 g/mol. The lowest BCUT2D eigenvalue weighted by molar-refractivity contribution is 0.0499. The molecule has 0 saturated carbocycles. The first-order valence-corrected chi connectivity index (χ1v) is 10.4. The van der Waals surface area contributed by atoms with Crippen LogP contribution in [0.15, 0.2) is 34.4 Å². The standard InChI is InChI=1S/C17H24N4OS2/c1-23-17-18-8-15(9-19-17)10-20-4-5-21(16(12-20)2-6-22)11-14-3-7-24-13-14/h3,7-9,13,16,22H,2,4-6,10-12H2,1H3/t16-/m0/s1. The quantitative estimate of drug-likeness (QED) is 0.601. The third kappa shape index (κ3) is 4.77. The van der Waals surface area contributed by atoms with Crippen molar-refractivity contribution in [3.63, 3.8) is 0 Å². The lowest BCUT2D eigenvalue weighted by Crippen LogP contribution is -2.52.